The van der Waals surface area contributed by atoms with Gasteiger partial charge in [0.25, 0.3) is 0 Å². The van der Waals surface area contributed by atoms with Crippen LogP contribution in [0.5, 0.6) is 5.75 Å². The van der Waals surface area contributed by atoms with Crippen LogP contribution in [-0.2, 0) is 0 Å². The quantitative estimate of drug-likeness (QED) is 0.605. The number of aliphatic hydroxyl groups is 1. The Balaban J connectivity index is 1.96. The summed E-state index contributed by atoms with van der Waals surface area (Å²) in [6, 6.07) is 14.2. The van der Waals surface area contributed by atoms with Gasteiger partial charge in [-0.2, -0.15) is 0 Å². The molecule has 0 heterocycles. The molecule has 0 aliphatic heterocycles. The second-order valence-electron chi connectivity index (χ2n) is 4.69. The highest BCUT2D eigenvalue weighted by molar-refractivity contribution is 5.88. The van der Waals surface area contributed by atoms with Crippen LogP contribution in [0.3, 0.4) is 0 Å². The first-order valence-corrected chi connectivity index (χ1v) is 6.87. The maximum absolute atomic E-state index is 8.70. The summed E-state index contributed by atoms with van der Waals surface area (Å²) in [6.45, 7) is 4.67. The van der Waals surface area contributed by atoms with Crippen molar-refractivity contribution in [2.24, 2.45) is 0 Å². The smallest absolute Gasteiger partial charge is 0.127 e. The molecule has 2 rings (SSSR count). The molecule has 0 saturated heterocycles. The average molecular weight is 268 g/mol. The Morgan fingerprint density at radius 2 is 1.95 bits per heavy atom. The van der Waals surface area contributed by atoms with Crippen LogP contribution in [0.25, 0.3) is 10.8 Å². The van der Waals surface area contributed by atoms with Gasteiger partial charge in [0, 0.05) is 12.0 Å². The molecule has 0 saturated carbocycles. The lowest BCUT2D eigenvalue weighted by Gasteiger charge is -2.09. The van der Waals surface area contributed by atoms with Crippen LogP contribution in [0.15, 0.2) is 66.8 Å². The zero-order valence-corrected chi connectivity index (χ0v) is 11.6. The second kappa shape index (κ2) is 7.51. The lowest BCUT2D eigenvalue weighted by molar-refractivity contribution is 0.289. The molecule has 0 bridgehead atoms. The monoisotopic (exact) mass is 268 g/mol. The summed E-state index contributed by atoms with van der Waals surface area (Å²) in [5, 5.41) is 11.0. The van der Waals surface area contributed by atoms with E-state index in [0.717, 1.165) is 29.6 Å². The van der Waals surface area contributed by atoms with Gasteiger partial charge in [0.05, 0.1) is 0 Å². The summed E-state index contributed by atoms with van der Waals surface area (Å²) in [5.41, 5.74) is 0.927. The largest absolute Gasteiger partial charge is 0.488 e. The molecule has 0 radical (unpaired) electrons. The highest BCUT2D eigenvalue weighted by atomic mass is 16.5. The van der Waals surface area contributed by atoms with Crippen LogP contribution in [0.1, 0.15) is 12.8 Å². The van der Waals surface area contributed by atoms with E-state index < -0.39 is 0 Å². The van der Waals surface area contributed by atoms with Crippen molar-refractivity contribution in [3.63, 3.8) is 0 Å². The molecule has 0 aromatic heterocycles. The van der Waals surface area contributed by atoms with Crippen LogP contribution in [0.2, 0.25) is 0 Å². The maximum Gasteiger partial charge on any atom is 0.127 e. The number of allylic oxidation sites excluding steroid dienone is 1. The molecule has 2 nitrogen and oxygen atoms in total. The summed E-state index contributed by atoms with van der Waals surface area (Å²) >= 11 is 0. The van der Waals surface area contributed by atoms with Crippen LogP contribution in [0, 0.1) is 0 Å². The third kappa shape index (κ3) is 3.97. The van der Waals surface area contributed by atoms with Gasteiger partial charge in [-0.1, -0.05) is 55.1 Å². The number of hydrogen-bond acceptors (Lipinski definition) is 2. The van der Waals surface area contributed by atoms with Crippen LogP contribution in [0.4, 0.5) is 0 Å². The molecule has 0 spiro atoms. The van der Waals surface area contributed by atoms with Gasteiger partial charge in [0.2, 0.25) is 0 Å². The Morgan fingerprint density at radius 3 is 2.80 bits per heavy atom. The first-order chi connectivity index (χ1) is 9.81. The van der Waals surface area contributed by atoms with Gasteiger partial charge >= 0.3 is 0 Å². The predicted octanol–water partition coefficient (Wildman–Crippen LogP) is 4.10. The standard InChI is InChI=1S/C18H20O2/c1-15(8-3-2-6-13-19)14-20-18-12-7-10-16-9-4-5-11-17(16)18/h3-5,7-12,19H,1-2,6,13-14H2/b8-3+. The van der Waals surface area contributed by atoms with E-state index >= 15 is 0 Å². The molecule has 0 fully saturated rings. The third-order valence-electron chi connectivity index (χ3n) is 3.05. The van der Waals surface area contributed by atoms with Crippen molar-refractivity contribution in [1.82, 2.24) is 0 Å². The van der Waals surface area contributed by atoms with Gasteiger partial charge < -0.3 is 9.84 Å². The minimum atomic E-state index is 0.226. The number of unbranched alkanes of at least 4 members (excludes halogenated alkanes) is 1. The van der Waals surface area contributed by atoms with Crippen molar-refractivity contribution in [2.45, 2.75) is 12.8 Å². The van der Waals surface area contributed by atoms with Gasteiger partial charge in [-0.3, -0.25) is 0 Å². The van der Waals surface area contributed by atoms with E-state index in [1.54, 1.807) is 0 Å². The maximum atomic E-state index is 8.70. The summed E-state index contributed by atoms with van der Waals surface area (Å²) in [5.74, 6) is 0.882. The number of ether oxygens (including phenoxy) is 1. The van der Waals surface area contributed by atoms with Crippen molar-refractivity contribution >= 4 is 10.8 Å². The first-order valence-electron chi connectivity index (χ1n) is 6.87. The zero-order valence-electron chi connectivity index (χ0n) is 11.6. The van der Waals surface area contributed by atoms with Crippen molar-refractivity contribution in [1.29, 1.82) is 0 Å². The van der Waals surface area contributed by atoms with Crippen molar-refractivity contribution in [3.05, 3.63) is 66.8 Å². The van der Waals surface area contributed by atoms with Gasteiger partial charge in [-0.25, -0.2) is 0 Å². The topological polar surface area (TPSA) is 29.5 Å². The first kappa shape index (κ1) is 14.4. The van der Waals surface area contributed by atoms with E-state index in [4.69, 9.17) is 9.84 Å². The molecular formula is C18H20O2. The summed E-state index contributed by atoms with van der Waals surface area (Å²) in [7, 11) is 0. The van der Waals surface area contributed by atoms with Crippen LogP contribution in [-0.4, -0.2) is 18.3 Å². The highest BCUT2D eigenvalue weighted by Gasteiger charge is 2.01. The minimum absolute atomic E-state index is 0.226. The van der Waals surface area contributed by atoms with Crippen molar-refractivity contribution in [3.8, 4) is 5.75 Å². The number of fused-ring (bicyclic) bond motifs is 1. The van der Waals surface area contributed by atoms with E-state index in [9.17, 15) is 0 Å². The lowest BCUT2D eigenvalue weighted by atomic mass is 10.1. The van der Waals surface area contributed by atoms with E-state index in [1.165, 1.54) is 5.39 Å². The van der Waals surface area contributed by atoms with Gasteiger partial charge in [0.15, 0.2) is 0 Å². The predicted molar refractivity (Wildman–Crippen MR) is 84.0 cm³/mol. The van der Waals surface area contributed by atoms with E-state index in [2.05, 4.69) is 24.8 Å². The summed E-state index contributed by atoms with van der Waals surface area (Å²) in [6.07, 6.45) is 5.63. The van der Waals surface area contributed by atoms with Crippen LogP contribution >= 0.6 is 0 Å². The number of benzene rings is 2. The molecule has 104 valence electrons. The molecule has 0 amide bonds. The Morgan fingerprint density at radius 1 is 1.15 bits per heavy atom. The molecular weight excluding hydrogens is 248 g/mol. The molecule has 0 aliphatic carbocycles. The van der Waals surface area contributed by atoms with Gasteiger partial charge in [0.1, 0.15) is 12.4 Å². The molecule has 20 heavy (non-hydrogen) atoms. The Hall–Kier alpha value is -2.06. The Bertz CT molecular complexity index is 594. The molecule has 0 aliphatic rings. The van der Waals surface area contributed by atoms with Crippen molar-refractivity contribution < 1.29 is 9.84 Å². The fourth-order valence-electron chi connectivity index (χ4n) is 2.00. The molecule has 0 unspecified atom stereocenters. The molecule has 2 aromatic carbocycles. The van der Waals surface area contributed by atoms with Gasteiger partial charge in [-0.05, 0) is 29.9 Å². The average Bonchev–Trinajstić information content (AvgIpc) is 2.49. The molecule has 2 aromatic rings. The van der Waals surface area contributed by atoms with E-state index in [1.807, 2.05) is 36.4 Å². The van der Waals surface area contributed by atoms with Crippen LogP contribution < -0.4 is 4.74 Å². The number of aliphatic hydroxyl groups excluding tert-OH is 1. The number of rotatable bonds is 7. The van der Waals surface area contributed by atoms with E-state index in [0.29, 0.717) is 6.61 Å². The fraction of sp³-hybridized carbons (Fsp3) is 0.222. The number of hydrogen-bond donors (Lipinski definition) is 1. The summed E-state index contributed by atoms with van der Waals surface area (Å²) in [4.78, 5) is 0. The molecule has 2 heteroatoms. The Labute approximate surface area is 120 Å². The van der Waals surface area contributed by atoms with Gasteiger partial charge in [-0.15, -0.1) is 0 Å². The second-order valence-corrected chi connectivity index (χ2v) is 4.69. The normalized spacial score (nSPS) is 11.1. The van der Waals surface area contributed by atoms with Crippen molar-refractivity contribution in [2.75, 3.05) is 13.2 Å². The SMILES string of the molecule is C=C(/C=C/CCCO)COc1cccc2ccccc12. The fourth-order valence-corrected chi connectivity index (χ4v) is 2.00. The molecule has 0 atom stereocenters. The lowest BCUT2D eigenvalue weighted by Crippen LogP contribution is -1.99. The minimum Gasteiger partial charge on any atom is -0.488 e. The summed E-state index contributed by atoms with van der Waals surface area (Å²) < 4.78 is 5.84. The Kier molecular flexibility index (Phi) is 5.39. The third-order valence-corrected chi connectivity index (χ3v) is 3.05. The molecule has 1 N–H and O–H groups in total. The van der Waals surface area contributed by atoms with E-state index in [-0.39, 0.29) is 6.61 Å². The zero-order chi connectivity index (χ0) is 14.2. The highest BCUT2D eigenvalue weighted by Crippen LogP contribution is 2.25.